The zero-order valence-corrected chi connectivity index (χ0v) is 7.61. The fraction of sp³-hybridized carbons (Fsp3) is 0.714. The fourth-order valence-electron chi connectivity index (χ4n) is 1.40. The number of aromatic amines is 1. The SMILES string of the molecule is CC1(c2n[nH]c(=S)o2)CCCO1. The molecular weight excluding hydrogens is 176 g/mol. The van der Waals surface area contributed by atoms with E-state index < -0.39 is 0 Å². The molecule has 1 aromatic rings. The Hall–Kier alpha value is -0.680. The summed E-state index contributed by atoms with van der Waals surface area (Å²) >= 11 is 4.78. The summed E-state index contributed by atoms with van der Waals surface area (Å²) in [7, 11) is 0. The van der Waals surface area contributed by atoms with E-state index in [1.807, 2.05) is 6.92 Å². The van der Waals surface area contributed by atoms with Crippen molar-refractivity contribution in [2.45, 2.75) is 25.4 Å². The Morgan fingerprint density at radius 1 is 1.67 bits per heavy atom. The average Bonchev–Trinajstić information content (AvgIpc) is 2.59. The van der Waals surface area contributed by atoms with Crippen molar-refractivity contribution < 1.29 is 9.15 Å². The van der Waals surface area contributed by atoms with Crippen molar-refractivity contribution in [3.05, 3.63) is 10.7 Å². The van der Waals surface area contributed by atoms with Crippen molar-refractivity contribution in [1.82, 2.24) is 10.2 Å². The summed E-state index contributed by atoms with van der Waals surface area (Å²) in [5.41, 5.74) is -0.367. The van der Waals surface area contributed by atoms with E-state index in [1.165, 1.54) is 0 Å². The molecule has 12 heavy (non-hydrogen) atoms. The van der Waals surface area contributed by atoms with Crippen LogP contribution < -0.4 is 0 Å². The molecule has 1 atom stereocenters. The maximum absolute atomic E-state index is 5.52. The second-order valence-corrected chi connectivity index (χ2v) is 3.47. The molecule has 0 aromatic carbocycles. The molecule has 1 aliphatic heterocycles. The second kappa shape index (κ2) is 2.67. The standard InChI is InChI=1S/C7H10N2O2S/c1-7(3-2-4-10-7)5-8-9-6(12)11-5/h2-4H2,1H3,(H,9,12). The number of aromatic nitrogens is 2. The van der Waals surface area contributed by atoms with Crippen molar-refractivity contribution in [2.75, 3.05) is 6.61 Å². The van der Waals surface area contributed by atoms with Crippen LogP contribution in [0.4, 0.5) is 0 Å². The minimum Gasteiger partial charge on any atom is -0.411 e. The molecule has 1 unspecified atom stereocenters. The average molecular weight is 186 g/mol. The molecule has 1 saturated heterocycles. The van der Waals surface area contributed by atoms with Crippen molar-refractivity contribution >= 4 is 12.2 Å². The van der Waals surface area contributed by atoms with Gasteiger partial charge in [-0.15, -0.1) is 5.10 Å². The third-order valence-corrected chi connectivity index (χ3v) is 2.28. The van der Waals surface area contributed by atoms with Crippen LogP contribution in [0, 0.1) is 4.84 Å². The predicted molar refractivity (Wildman–Crippen MR) is 44.2 cm³/mol. The van der Waals surface area contributed by atoms with Gasteiger partial charge in [-0.25, -0.2) is 5.10 Å². The molecular formula is C7H10N2O2S. The molecule has 0 spiro atoms. The number of ether oxygens (including phenoxy) is 1. The maximum Gasteiger partial charge on any atom is 0.284 e. The van der Waals surface area contributed by atoms with Crippen LogP contribution >= 0.6 is 12.2 Å². The van der Waals surface area contributed by atoms with Gasteiger partial charge in [0.2, 0.25) is 5.89 Å². The van der Waals surface area contributed by atoms with Gasteiger partial charge in [0.05, 0.1) is 0 Å². The molecule has 1 aliphatic rings. The monoisotopic (exact) mass is 186 g/mol. The summed E-state index contributed by atoms with van der Waals surface area (Å²) in [6, 6.07) is 0. The van der Waals surface area contributed by atoms with E-state index in [4.69, 9.17) is 21.4 Å². The summed E-state index contributed by atoms with van der Waals surface area (Å²) < 4.78 is 10.7. The van der Waals surface area contributed by atoms with Crippen LogP contribution in [0.25, 0.3) is 0 Å². The number of hydrogen-bond donors (Lipinski definition) is 1. The number of nitrogens with zero attached hydrogens (tertiary/aromatic N) is 1. The normalized spacial score (nSPS) is 29.4. The molecule has 2 heterocycles. The Labute approximate surface area is 74.9 Å². The van der Waals surface area contributed by atoms with E-state index in [1.54, 1.807) is 0 Å². The molecule has 1 N–H and O–H groups in total. The van der Waals surface area contributed by atoms with Crippen LogP contribution in [-0.4, -0.2) is 16.8 Å². The topological polar surface area (TPSA) is 51.0 Å². The first kappa shape index (κ1) is 7.94. The van der Waals surface area contributed by atoms with Crippen LogP contribution in [0.15, 0.2) is 4.42 Å². The van der Waals surface area contributed by atoms with Gasteiger partial charge >= 0.3 is 0 Å². The lowest BCUT2D eigenvalue weighted by molar-refractivity contribution is -0.00577. The highest BCUT2D eigenvalue weighted by molar-refractivity contribution is 7.71. The summed E-state index contributed by atoms with van der Waals surface area (Å²) in [5, 5.41) is 6.54. The number of rotatable bonds is 1. The number of H-pyrrole nitrogens is 1. The minimum absolute atomic E-state index is 0.307. The van der Waals surface area contributed by atoms with Gasteiger partial charge in [-0.05, 0) is 32.0 Å². The van der Waals surface area contributed by atoms with Gasteiger partial charge in [0.25, 0.3) is 4.84 Å². The van der Waals surface area contributed by atoms with Crippen LogP contribution in [-0.2, 0) is 10.3 Å². The zero-order chi connectivity index (χ0) is 8.60. The fourth-order valence-corrected chi connectivity index (χ4v) is 1.53. The van der Waals surface area contributed by atoms with E-state index in [2.05, 4.69) is 10.2 Å². The van der Waals surface area contributed by atoms with Gasteiger partial charge in [-0.3, -0.25) is 0 Å². The maximum atomic E-state index is 5.52. The third kappa shape index (κ3) is 1.19. The molecule has 5 heteroatoms. The summed E-state index contributed by atoms with van der Waals surface area (Å²) in [6.45, 7) is 2.74. The van der Waals surface area contributed by atoms with E-state index in [-0.39, 0.29) is 5.60 Å². The number of hydrogen-bond acceptors (Lipinski definition) is 4. The Bertz CT molecular complexity index is 324. The van der Waals surface area contributed by atoms with Gasteiger partial charge < -0.3 is 9.15 Å². The van der Waals surface area contributed by atoms with Crippen molar-refractivity contribution in [3.8, 4) is 0 Å². The van der Waals surface area contributed by atoms with Gasteiger partial charge in [0.15, 0.2) is 0 Å². The van der Waals surface area contributed by atoms with Crippen molar-refractivity contribution in [2.24, 2.45) is 0 Å². The Morgan fingerprint density at radius 3 is 3.00 bits per heavy atom. The molecule has 0 radical (unpaired) electrons. The Morgan fingerprint density at radius 2 is 2.50 bits per heavy atom. The van der Waals surface area contributed by atoms with E-state index in [0.29, 0.717) is 10.7 Å². The summed E-state index contributed by atoms with van der Waals surface area (Å²) in [4.78, 5) is 0.307. The molecule has 2 rings (SSSR count). The van der Waals surface area contributed by atoms with E-state index in [9.17, 15) is 0 Å². The third-order valence-electron chi connectivity index (χ3n) is 2.11. The highest BCUT2D eigenvalue weighted by atomic mass is 32.1. The second-order valence-electron chi connectivity index (χ2n) is 3.10. The Kier molecular flexibility index (Phi) is 1.77. The highest BCUT2D eigenvalue weighted by Crippen LogP contribution is 2.33. The van der Waals surface area contributed by atoms with Crippen molar-refractivity contribution in [3.63, 3.8) is 0 Å². The molecule has 0 bridgehead atoms. The highest BCUT2D eigenvalue weighted by Gasteiger charge is 2.36. The smallest absolute Gasteiger partial charge is 0.284 e. The first-order valence-electron chi connectivity index (χ1n) is 3.91. The predicted octanol–water partition coefficient (Wildman–Crippen LogP) is 1.76. The molecule has 1 fully saturated rings. The lowest BCUT2D eigenvalue weighted by atomic mass is 10.0. The van der Waals surface area contributed by atoms with Crippen LogP contribution in [0.1, 0.15) is 25.7 Å². The van der Waals surface area contributed by atoms with E-state index in [0.717, 1.165) is 19.4 Å². The largest absolute Gasteiger partial charge is 0.411 e. The zero-order valence-electron chi connectivity index (χ0n) is 6.79. The van der Waals surface area contributed by atoms with Gasteiger partial charge in [-0.1, -0.05) is 0 Å². The first-order chi connectivity index (χ1) is 5.71. The molecule has 0 saturated carbocycles. The molecule has 4 nitrogen and oxygen atoms in total. The van der Waals surface area contributed by atoms with Crippen molar-refractivity contribution in [1.29, 1.82) is 0 Å². The lowest BCUT2D eigenvalue weighted by Gasteiger charge is -2.17. The minimum atomic E-state index is -0.367. The Balaban J connectivity index is 2.34. The summed E-state index contributed by atoms with van der Waals surface area (Å²) in [6.07, 6.45) is 1.99. The molecule has 1 aromatic heterocycles. The quantitative estimate of drug-likeness (QED) is 0.679. The number of nitrogens with one attached hydrogen (secondary N) is 1. The van der Waals surface area contributed by atoms with E-state index >= 15 is 0 Å². The van der Waals surface area contributed by atoms with Crippen LogP contribution in [0.3, 0.4) is 0 Å². The molecule has 66 valence electrons. The first-order valence-corrected chi connectivity index (χ1v) is 4.31. The molecule has 0 aliphatic carbocycles. The molecule has 0 amide bonds. The van der Waals surface area contributed by atoms with Gasteiger partial charge in [-0.2, -0.15) is 0 Å². The summed E-state index contributed by atoms with van der Waals surface area (Å²) in [5.74, 6) is 0.560. The van der Waals surface area contributed by atoms with Gasteiger partial charge in [0, 0.05) is 6.61 Å². The van der Waals surface area contributed by atoms with Crippen LogP contribution in [0.2, 0.25) is 0 Å². The lowest BCUT2D eigenvalue weighted by Crippen LogP contribution is -2.20. The van der Waals surface area contributed by atoms with Crippen LogP contribution in [0.5, 0.6) is 0 Å². The van der Waals surface area contributed by atoms with Gasteiger partial charge in [0.1, 0.15) is 5.60 Å².